The zero-order valence-electron chi connectivity index (χ0n) is 6.17. The summed E-state index contributed by atoms with van der Waals surface area (Å²) in [5.74, 6) is 0. The lowest BCUT2D eigenvalue weighted by Gasteiger charge is -2.23. The zero-order chi connectivity index (χ0) is 8.32. The van der Waals surface area contributed by atoms with Gasteiger partial charge in [-0.2, -0.15) is 0 Å². The number of rotatable bonds is 2. The van der Waals surface area contributed by atoms with Crippen LogP contribution in [0.15, 0.2) is 24.4 Å². The molecule has 0 saturated carbocycles. The van der Waals surface area contributed by atoms with Crippen molar-refractivity contribution in [3.05, 3.63) is 24.4 Å². The molecule has 5 heteroatoms. The number of hydrogen-bond donors (Lipinski definition) is 1. The summed E-state index contributed by atoms with van der Waals surface area (Å²) in [6.45, 7) is 0.415. The van der Waals surface area contributed by atoms with Gasteiger partial charge in [-0.1, -0.05) is 12.2 Å². The van der Waals surface area contributed by atoms with Gasteiger partial charge in [-0.25, -0.2) is 4.57 Å². The summed E-state index contributed by atoms with van der Waals surface area (Å²) in [6.07, 6.45) is 6.81. The van der Waals surface area contributed by atoms with Crippen molar-refractivity contribution in [2.75, 3.05) is 13.7 Å². The molecular formula is C6H10NO3P. The smallest absolute Gasteiger partial charge is 0.308 e. The third-order valence-electron chi connectivity index (χ3n) is 1.36. The molecule has 1 aliphatic rings. The molecule has 62 valence electrons. The van der Waals surface area contributed by atoms with Gasteiger partial charge in [0.2, 0.25) is 0 Å². The molecule has 0 amide bonds. The van der Waals surface area contributed by atoms with Gasteiger partial charge in [-0.15, -0.1) is 0 Å². The van der Waals surface area contributed by atoms with Crippen LogP contribution >= 0.6 is 7.75 Å². The third kappa shape index (κ3) is 1.93. The lowest BCUT2D eigenvalue weighted by molar-refractivity contribution is 0.267. The Balaban J connectivity index is 2.69. The topological polar surface area (TPSA) is 49.8 Å². The maximum atomic E-state index is 11.1. The first kappa shape index (κ1) is 8.53. The van der Waals surface area contributed by atoms with Crippen molar-refractivity contribution < 1.29 is 14.0 Å². The van der Waals surface area contributed by atoms with Crippen molar-refractivity contribution in [1.82, 2.24) is 4.67 Å². The van der Waals surface area contributed by atoms with E-state index in [1.54, 1.807) is 12.2 Å². The van der Waals surface area contributed by atoms with Crippen LogP contribution in [-0.4, -0.2) is 23.2 Å². The van der Waals surface area contributed by atoms with Gasteiger partial charge in [-0.3, -0.25) is 9.19 Å². The summed E-state index contributed by atoms with van der Waals surface area (Å²) in [4.78, 5) is 9.12. The molecular weight excluding hydrogens is 165 g/mol. The Hall–Kier alpha value is -0.570. The molecule has 0 bridgehead atoms. The molecule has 1 heterocycles. The first-order chi connectivity index (χ1) is 5.17. The minimum atomic E-state index is -3.55. The Bertz CT molecular complexity index is 236. The summed E-state index contributed by atoms with van der Waals surface area (Å²) in [5, 5.41) is 0. The average Bonchev–Trinajstić information content (AvgIpc) is 2.06. The summed E-state index contributed by atoms with van der Waals surface area (Å²) in [6, 6.07) is 0. The van der Waals surface area contributed by atoms with E-state index in [1.165, 1.54) is 18.0 Å². The zero-order valence-corrected chi connectivity index (χ0v) is 7.07. The largest absolute Gasteiger partial charge is 0.432 e. The minimum Gasteiger partial charge on any atom is -0.308 e. The monoisotopic (exact) mass is 175 g/mol. The summed E-state index contributed by atoms with van der Waals surface area (Å²) in [5.41, 5.74) is 0. The Morgan fingerprint density at radius 2 is 2.36 bits per heavy atom. The van der Waals surface area contributed by atoms with Gasteiger partial charge < -0.3 is 4.89 Å². The minimum absolute atomic E-state index is 0.415. The predicted molar refractivity (Wildman–Crippen MR) is 41.8 cm³/mol. The lowest BCUT2D eigenvalue weighted by atomic mass is 10.4. The quantitative estimate of drug-likeness (QED) is 0.639. The molecule has 0 aromatic heterocycles. The van der Waals surface area contributed by atoms with E-state index < -0.39 is 7.75 Å². The number of hydrogen-bond acceptors (Lipinski definition) is 2. The third-order valence-corrected chi connectivity index (χ3v) is 2.78. The second kappa shape index (κ2) is 3.22. The molecule has 0 spiro atoms. The van der Waals surface area contributed by atoms with Gasteiger partial charge in [0.15, 0.2) is 0 Å². The normalized spacial score (nSPS) is 21.8. The van der Waals surface area contributed by atoms with E-state index in [4.69, 9.17) is 4.89 Å². The van der Waals surface area contributed by atoms with E-state index in [-0.39, 0.29) is 0 Å². The molecule has 0 fully saturated rings. The Morgan fingerprint density at radius 3 is 2.82 bits per heavy atom. The standard InChI is InChI=1S/C6H10NO3P/c1-10-11(8,9)7-5-3-2-4-6-7/h2-5H,6H2,1H3,(H,8,9). The van der Waals surface area contributed by atoms with E-state index in [1.807, 2.05) is 6.08 Å². The van der Waals surface area contributed by atoms with Gasteiger partial charge in [0.05, 0.1) is 0 Å². The van der Waals surface area contributed by atoms with Crippen LogP contribution in [0, 0.1) is 0 Å². The molecule has 1 rings (SSSR count). The van der Waals surface area contributed by atoms with E-state index in [2.05, 4.69) is 4.52 Å². The molecule has 1 unspecified atom stereocenters. The summed E-state index contributed by atoms with van der Waals surface area (Å²) in [7, 11) is -2.34. The molecule has 0 aliphatic carbocycles. The van der Waals surface area contributed by atoms with Gasteiger partial charge in [0.1, 0.15) is 0 Å². The molecule has 0 aromatic carbocycles. The number of nitrogens with zero attached hydrogens (tertiary/aromatic N) is 1. The molecule has 0 radical (unpaired) electrons. The Kier molecular flexibility index (Phi) is 2.49. The van der Waals surface area contributed by atoms with Crippen molar-refractivity contribution in [3.8, 4) is 0 Å². The van der Waals surface area contributed by atoms with E-state index >= 15 is 0 Å². The van der Waals surface area contributed by atoms with Crippen LogP contribution in [0.4, 0.5) is 0 Å². The Labute approximate surface area is 65.4 Å². The van der Waals surface area contributed by atoms with Gasteiger partial charge in [0, 0.05) is 19.9 Å². The fourth-order valence-corrected chi connectivity index (χ4v) is 1.51. The van der Waals surface area contributed by atoms with E-state index in [0.717, 1.165) is 0 Å². The first-order valence-electron chi connectivity index (χ1n) is 3.16. The van der Waals surface area contributed by atoms with Gasteiger partial charge >= 0.3 is 7.75 Å². The van der Waals surface area contributed by atoms with Crippen LogP contribution in [0.3, 0.4) is 0 Å². The maximum Gasteiger partial charge on any atom is 0.432 e. The summed E-state index contributed by atoms with van der Waals surface area (Å²) >= 11 is 0. The maximum absolute atomic E-state index is 11.1. The molecule has 1 aliphatic heterocycles. The SMILES string of the molecule is COP(=O)(O)N1C=CC=CC1. The summed E-state index contributed by atoms with van der Waals surface area (Å²) < 4.78 is 16.8. The van der Waals surface area contributed by atoms with Crippen LogP contribution in [0.25, 0.3) is 0 Å². The second-order valence-corrected chi connectivity index (χ2v) is 3.92. The van der Waals surface area contributed by atoms with Crippen LogP contribution in [-0.2, 0) is 9.09 Å². The van der Waals surface area contributed by atoms with Crippen molar-refractivity contribution in [1.29, 1.82) is 0 Å². The van der Waals surface area contributed by atoms with Crippen molar-refractivity contribution in [3.63, 3.8) is 0 Å². The molecule has 0 aromatic rings. The van der Waals surface area contributed by atoms with Crippen LogP contribution in [0.5, 0.6) is 0 Å². The van der Waals surface area contributed by atoms with Crippen LogP contribution < -0.4 is 0 Å². The highest BCUT2D eigenvalue weighted by molar-refractivity contribution is 7.50. The molecule has 1 atom stereocenters. The highest BCUT2D eigenvalue weighted by Gasteiger charge is 2.24. The molecule has 4 nitrogen and oxygen atoms in total. The van der Waals surface area contributed by atoms with E-state index in [9.17, 15) is 4.57 Å². The van der Waals surface area contributed by atoms with Crippen molar-refractivity contribution in [2.45, 2.75) is 0 Å². The number of allylic oxidation sites excluding steroid dienone is 2. The molecule has 0 saturated heterocycles. The van der Waals surface area contributed by atoms with E-state index in [0.29, 0.717) is 6.54 Å². The van der Waals surface area contributed by atoms with Crippen LogP contribution in [0.2, 0.25) is 0 Å². The average molecular weight is 175 g/mol. The van der Waals surface area contributed by atoms with Crippen molar-refractivity contribution >= 4 is 7.75 Å². The highest BCUT2D eigenvalue weighted by Crippen LogP contribution is 2.45. The second-order valence-electron chi connectivity index (χ2n) is 2.06. The van der Waals surface area contributed by atoms with Crippen molar-refractivity contribution in [2.24, 2.45) is 0 Å². The Morgan fingerprint density at radius 1 is 1.64 bits per heavy atom. The van der Waals surface area contributed by atoms with Crippen LogP contribution in [0.1, 0.15) is 0 Å². The highest BCUT2D eigenvalue weighted by atomic mass is 31.2. The molecule has 11 heavy (non-hydrogen) atoms. The van der Waals surface area contributed by atoms with Gasteiger partial charge in [-0.05, 0) is 6.08 Å². The lowest BCUT2D eigenvalue weighted by Crippen LogP contribution is -2.15. The predicted octanol–water partition coefficient (Wildman–Crippen LogP) is 1.12. The molecule has 1 N–H and O–H groups in total. The first-order valence-corrected chi connectivity index (χ1v) is 4.69. The van der Waals surface area contributed by atoms with Gasteiger partial charge in [0.25, 0.3) is 0 Å². The fourth-order valence-electron chi connectivity index (χ4n) is 0.750. The fraction of sp³-hybridized carbons (Fsp3) is 0.333.